The first-order chi connectivity index (χ1) is 9.24. The van der Waals surface area contributed by atoms with Crippen LogP contribution >= 0.6 is 0 Å². The van der Waals surface area contributed by atoms with Crippen molar-refractivity contribution < 1.29 is 9.59 Å². The zero-order chi connectivity index (χ0) is 13.2. The maximum Gasteiger partial charge on any atom is 0.225 e. The minimum atomic E-state index is 0.197. The molecule has 3 aliphatic rings. The molecule has 0 aromatic heterocycles. The fourth-order valence-corrected chi connectivity index (χ4v) is 4.01. The summed E-state index contributed by atoms with van der Waals surface area (Å²) in [5.74, 6) is 1.90. The highest BCUT2D eigenvalue weighted by Crippen LogP contribution is 2.33. The maximum atomic E-state index is 12.5. The molecule has 0 aromatic rings. The number of likely N-dealkylation sites (tertiary alicyclic amines) is 1. The lowest BCUT2D eigenvalue weighted by atomic mass is 9.81. The predicted octanol–water partition coefficient (Wildman–Crippen LogP) is 1.55. The first-order valence-corrected chi connectivity index (χ1v) is 7.79. The van der Waals surface area contributed by atoms with Gasteiger partial charge in [-0.1, -0.05) is 12.8 Å². The minimum absolute atomic E-state index is 0.197. The Balaban J connectivity index is 1.61. The summed E-state index contributed by atoms with van der Waals surface area (Å²) in [6.07, 6.45) is 7.31. The first-order valence-electron chi connectivity index (χ1n) is 7.79. The third kappa shape index (κ3) is 2.77. The van der Waals surface area contributed by atoms with Crippen LogP contribution in [-0.4, -0.2) is 36.3 Å². The molecule has 0 spiro atoms. The monoisotopic (exact) mass is 264 g/mol. The van der Waals surface area contributed by atoms with Crippen LogP contribution in [0.3, 0.4) is 0 Å². The van der Waals surface area contributed by atoms with Gasteiger partial charge in [-0.25, -0.2) is 0 Å². The predicted molar refractivity (Wildman–Crippen MR) is 72.4 cm³/mol. The summed E-state index contributed by atoms with van der Waals surface area (Å²) in [6, 6.07) is 0. The number of hydrogen-bond donors (Lipinski definition) is 1. The number of nitrogens with zero attached hydrogens (tertiary/aromatic N) is 1. The molecule has 2 atom stereocenters. The summed E-state index contributed by atoms with van der Waals surface area (Å²) in [5, 5.41) is 2.96. The van der Waals surface area contributed by atoms with E-state index in [0.29, 0.717) is 30.1 Å². The standard InChI is InChI=1S/C15H24N2O2/c18-14-9-12-6-8-17(10-13(12)5-7-16-14)15(19)11-3-1-2-4-11/h11-13H,1-10H2,(H,16,18). The quantitative estimate of drug-likeness (QED) is 0.781. The van der Waals surface area contributed by atoms with Crippen LogP contribution in [-0.2, 0) is 9.59 Å². The number of piperidine rings is 1. The molecule has 0 aromatic carbocycles. The van der Waals surface area contributed by atoms with Crippen molar-refractivity contribution in [1.82, 2.24) is 10.2 Å². The van der Waals surface area contributed by atoms with Crippen molar-refractivity contribution >= 4 is 11.8 Å². The fourth-order valence-electron chi connectivity index (χ4n) is 4.01. The van der Waals surface area contributed by atoms with Crippen molar-refractivity contribution in [3.8, 4) is 0 Å². The molecule has 2 amide bonds. The normalized spacial score (nSPS) is 32.6. The Labute approximate surface area is 114 Å². The number of amides is 2. The van der Waals surface area contributed by atoms with E-state index in [1.807, 2.05) is 0 Å². The highest BCUT2D eigenvalue weighted by Gasteiger charge is 2.36. The highest BCUT2D eigenvalue weighted by molar-refractivity contribution is 5.79. The third-order valence-electron chi connectivity index (χ3n) is 5.19. The lowest BCUT2D eigenvalue weighted by molar-refractivity contribution is -0.138. The average molecular weight is 264 g/mol. The smallest absolute Gasteiger partial charge is 0.225 e. The van der Waals surface area contributed by atoms with Crippen LogP contribution in [0.2, 0.25) is 0 Å². The van der Waals surface area contributed by atoms with Crippen LogP contribution in [0.4, 0.5) is 0 Å². The zero-order valence-electron chi connectivity index (χ0n) is 11.6. The Morgan fingerprint density at radius 3 is 2.68 bits per heavy atom. The molecular weight excluding hydrogens is 240 g/mol. The van der Waals surface area contributed by atoms with Gasteiger partial charge in [0.1, 0.15) is 0 Å². The SMILES string of the molecule is O=C1CC2CCN(C(=O)C3CCCC3)CC2CCN1. The van der Waals surface area contributed by atoms with E-state index in [1.54, 1.807) is 0 Å². The Hall–Kier alpha value is -1.06. The number of hydrogen-bond acceptors (Lipinski definition) is 2. The summed E-state index contributed by atoms with van der Waals surface area (Å²) in [7, 11) is 0. The molecule has 19 heavy (non-hydrogen) atoms. The second kappa shape index (κ2) is 5.51. The van der Waals surface area contributed by atoms with Gasteiger partial charge in [-0.2, -0.15) is 0 Å². The molecule has 1 aliphatic carbocycles. The molecule has 2 saturated heterocycles. The number of carbonyl (C=O) groups is 2. The molecule has 2 aliphatic heterocycles. The molecule has 1 N–H and O–H groups in total. The summed E-state index contributed by atoms with van der Waals surface area (Å²) < 4.78 is 0. The summed E-state index contributed by atoms with van der Waals surface area (Å²) in [5.41, 5.74) is 0. The molecule has 3 fully saturated rings. The average Bonchev–Trinajstić information content (AvgIpc) is 2.87. The molecular formula is C15H24N2O2. The molecule has 0 radical (unpaired) electrons. The van der Waals surface area contributed by atoms with Crippen molar-refractivity contribution in [2.24, 2.45) is 17.8 Å². The van der Waals surface area contributed by atoms with Gasteiger partial charge >= 0.3 is 0 Å². The Bertz CT molecular complexity index is 363. The van der Waals surface area contributed by atoms with Gasteiger partial charge in [-0.15, -0.1) is 0 Å². The van der Waals surface area contributed by atoms with Crippen LogP contribution in [0.25, 0.3) is 0 Å². The second-order valence-corrected chi connectivity index (χ2v) is 6.42. The Morgan fingerprint density at radius 1 is 1.11 bits per heavy atom. The lowest BCUT2D eigenvalue weighted by Gasteiger charge is -2.38. The van der Waals surface area contributed by atoms with E-state index in [1.165, 1.54) is 12.8 Å². The van der Waals surface area contributed by atoms with Gasteiger partial charge in [0.05, 0.1) is 0 Å². The van der Waals surface area contributed by atoms with E-state index >= 15 is 0 Å². The van der Waals surface area contributed by atoms with E-state index in [4.69, 9.17) is 0 Å². The van der Waals surface area contributed by atoms with E-state index < -0.39 is 0 Å². The molecule has 3 rings (SSSR count). The van der Waals surface area contributed by atoms with E-state index in [-0.39, 0.29) is 5.91 Å². The second-order valence-electron chi connectivity index (χ2n) is 6.42. The Kier molecular flexibility index (Phi) is 3.76. The van der Waals surface area contributed by atoms with Crippen LogP contribution < -0.4 is 5.32 Å². The summed E-state index contributed by atoms with van der Waals surface area (Å²) in [4.78, 5) is 26.1. The molecule has 4 heteroatoms. The van der Waals surface area contributed by atoms with Gasteiger partial charge in [0, 0.05) is 32.0 Å². The van der Waals surface area contributed by atoms with Crippen molar-refractivity contribution in [3.63, 3.8) is 0 Å². The molecule has 2 heterocycles. The van der Waals surface area contributed by atoms with E-state index in [2.05, 4.69) is 10.2 Å². The third-order valence-corrected chi connectivity index (χ3v) is 5.19. The van der Waals surface area contributed by atoms with Crippen LogP contribution in [0, 0.1) is 17.8 Å². The topological polar surface area (TPSA) is 49.4 Å². The van der Waals surface area contributed by atoms with Crippen molar-refractivity contribution in [2.45, 2.75) is 44.9 Å². The van der Waals surface area contributed by atoms with Crippen LogP contribution in [0.1, 0.15) is 44.9 Å². The molecule has 2 unspecified atom stereocenters. The van der Waals surface area contributed by atoms with Crippen LogP contribution in [0.5, 0.6) is 0 Å². The van der Waals surface area contributed by atoms with E-state index in [0.717, 1.165) is 45.3 Å². The van der Waals surface area contributed by atoms with Crippen molar-refractivity contribution in [2.75, 3.05) is 19.6 Å². The van der Waals surface area contributed by atoms with Gasteiger partial charge in [-0.3, -0.25) is 9.59 Å². The number of rotatable bonds is 1. The van der Waals surface area contributed by atoms with Gasteiger partial charge in [0.25, 0.3) is 0 Å². The number of nitrogens with one attached hydrogen (secondary N) is 1. The van der Waals surface area contributed by atoms with Crippen LogP contribution in [0.15, 0.2) is 0 Å². The highest BCUT2D eigenvalue weighted by atomic mass is 16.2. The van der Waals surface area contributed by atoms with Gasteiger partial charge in [0.2, 0.25) is 11.8 Å². The Morgan fingerprint density at radius 2 is 1.89 bits per heavy atom. The zero-order valence-corrected chi connectivity index (χ0v) is 11.6. The van der Waals surface area contributed by atoms with E-state index in [9.17, 15) is 9.59 Å². The molecule has 106 valence electrons. The van der Waals surface area contributed by atoms with Crippen molar-refractivity contribution in [1.29, 1.82) is 0 Å². The van der Waals surface area contributed by atoms with Crippen molar-refractivity contribution in [3.05, 3.63) is 0 Å². The molecule has 0 bridgehead atoms. The number of fused-ring (bicyclic) bond motifs is 1. The lowest BCUT2D eigenvalue weighted by Crippen LogP contribution is -2.45. The van der Waals surface area contributed by atoms with Gasteiger partial charge in [-0.05, 0) is 37.5 Å². The fraction of sp³-hybridized carbons (Fsp3) is 0.867. The number of carbonyl (C=O) groups excluding carboxylic acids is 2. The molecule has 1 saturated carbocycles. The largest absolute Gasteiger partial charge is 0.356 e. The molecule has 4 nitrogen and oxygen atoms in total. The maximum absolute atomic E-state index is 12.5. The van der Waals surface area contributed by atoms with Gasteiger partial charge in [0.15, 0.2) is 0 Å². The summed E-state index contributed by atoms with van der Waals surface area (Å²) in [6.45, 7) is 2.53. The summed E-state index contributed by atoms with van der Waals surface area (Å²) >= 11 is 0. The first kappa shape index (κ1) is 12.9. The van der Waals surface area contributed by atoms with Gasteiger partial charge < -0.3 is 10.2 Å². The minimum Gasteiger partial charge on any atom is -0.356 e.